The van der Waals surface area contributed by atoms with E-state index in [9.17, 15) is 4.79 Å². The molecule has 0 fully saturated rings. The van der Waals surface area contributed by atoms with Gasteiger partial charge in [0, 0.05) is 23.7 Å². The van der Waals surface area contributed by atoms with Crippen LogP contribution in [-0.2, 0) is 12.8 Å². The van der Waals surface area contributed by atoms with Gasteiger partial charge in [0.25, 0.3) is 5.91 Å². The third-order valence-electron chi connectivity index (χ3n) is 4.14. The molecule has 1 atom stereocenters. The van der Waals surface area contributed by atoms with E-state index in [1.165, 1.54) is 0 Å². The van der Waals surface area contributed by atoms with Crippen LogP contribution in [0.3, 0.4) is 0 Å². The number of fused-ring (bicyclic) bond motifs is 1. The molecule has 1 aromatic heterocycles. The average Bonchev–Trinajstić information content (AvgIpc) is 2.97. The molecule has 1 amide bonds. The van der Waals surface area contributed by atoms with Gasteiger partial charge in [-0.15, -0.1) is 0 Å². The highest BCUT2D eigenvalue weighted by Gasteiger charge is 2.27. The molecule has 0 saturated carbocycles. The van der Waals surface area contributed by atoms with Crippen molar-refractivity contribution in [2.24, 2.45) is 5.92 Å². The van der Waals surface area contributed by atoms with Gasteiger partial charge < -0.3 is 19.3 Å². The van der Waals surface area contributed by atoms with Crippen molar-refractivity contribution in [3.8, 4) is 11.5 Å². The molecule has 0 spiro atoms. The minimum atomic E-state index is -0.267. The quantitative estimate of drug-likeness (QED) is 0.938. The van der Waals surface area contributed by atoms with Gasteiger partial charge in [-0.2, -0.15) is 0 Å². The van der Waals surface area contributed by atoms with Gasteiger partial charge in [0.05, 0.1) is 14.2 Å². The first-order chi connectivity index (χ1) is 11.1. The lowest BCUT2D eigenvalue weighted by molar-refractivity contribution is 0.101. The fraction of sp³-hybridized carbons (Fsp3) is 0.412. The zero-order chi connectivity index (χ0) is 16.4. The Balaban J connectivity index is 1.81. The molecule has 0 aliphatic heterocycles. The van der Waals surface area contributed by atoms with Crippen LogP contribution in [0.1, 0.15) is 35.2 Å². The van der Waals surface area contributed by atoms with Crippen LogP contribution < -0.4 is 14.8 Å². The molecule has 122 valence electrons. The Bertz CT molecular complexity index is 723. The molecule has 6 heteroatoms. The van der Waals surface area contributed by atoms with E-state index >= 15 is 0 Å². The molecule has 1 N–H and O–H groups in total. The number of anilines is 1. The van der Waals surface area contributed by atoms with E-state index in [1.54, 1.807) is 32.4 Å². The predicted molar refractivity (Wildman–Crippen MR) is 85.2 cm³/mol. The lowest BCUT2D eigenvalue weighted by Crippen LogP contribution is -2.18. The van der Waals surface area contributed by atoms with Gasteiger partial charge in [0.15, 0.2) is 17.2 Å². The number of rotatable bonds is 4. The van der Waals surface area contributed by atoms with Crippen molar-refractivity contribution in [2.75, 3.05) is 19.5 Å². The Hall–Kier alpha value is -2.50. The van der Waals surface area contributed by atoms with E-state index in [0.29, 0.717) is 28.8 Å². The number of nitrogens with one attached hydrogen (secondary N) is 1. The van der Waals surface area contributed by atoms with Crippen LogP contribution in [0.2, 0.25) is 0 Å². The molecule has 1 aromatic carbocycles. The summed E-state index contributed by atoms with van der Waals surface area (Å²) in [5, 5.41) is 6.80. The molecule has 1 aliphatic carbocycles. The predicted octanol–water partition coefficient (Wildman–Crippen LogP) is 3.07. The van der Waals surface area contributed by atoms with Crippen molar-refractivity contribution < 1.29 is 18.8 Å². The smallest absolute Gasteiger partial charge is 0.278 e. The van der Waals surface area contributed by atoms with Crippen LogP contribution in [0, 0.1) is 5.92 Å². The highest BCUT2D eigenvalue weighted by molar-refractivity contribution is 6.04. The van der Waals surface area contributed by atoms with Gasteiger partial charge in [-0.1, -0.05) is 12.1 Å². The summed E-state index contributed by atoms with van der Waals surface area (Å²) in [6.07, 6.45) is 2.74. The molecule has 23 heavy (non-hydrogen) atoms. The third-order valence-corrected chi connectivity index (χ3v) is 4.14. The van der Waals surface area contributed by atoms with Crippen molar-refractivity contribution in [1.82, 2.24) is 5.16 Å². The number of hydrogen-bond donors (Lipinski definition) is 1. The topological polar surface area (TPSA) is 73.6 Å². The minimum absolute atomic E-state index is 0.267. The van der Waals surface area contributed by atoms with Crippen LogP contribution in [0.5, 0.6) is 11.5 Å². The number of carbonyl (C=O) groups excluding carboxylic acids is 1. The number of aryl methyl sites for hydroxylation is 1. The molecule has 0 unspecified atom stereocenters. The lowest BCUT2D eigenvalue weighted by Gasteiger charge is -2.16. The number of amides is 1. The first-order valence-electron chi connectivity index (χ1n) is 7.63. The van der Waals surface area contributed by atoms with Crippen LogP contribution in [0.25, 0.3) is 0 Å². The SMILES string of the molecule is COc1ccc(NC(=O)c2noc3c2C[C@H](C)CC3)cc1OC. The van der Waals surface area contributed by atoms with E-state index in [-0.39, 0.29) is 5.91 Å². The second-order valence-corrected chi connectivity index (χ2v) is 5.80. The van der Waals surface area contributed by atoms with Gasteiger partial charge in [-0.25, -0.2) is 0 Å². The standard InChI is InChI=1S/C17H20N2O4/c1-10-4-6-13-12(8-10)16(19-23-13)17(20)18-11-5-7-14(21-2)15(9-11)22-3/h5,7,9-10H,4,6,8H2,1-3H3,(H,18,20)/t10-/m1/s1. The molecular formula is C17H20N2O4. The molecule has 6 nitrogen and oxygen atoms in total. The Kier molecular flexibility index (Phi) is 4.23. The van der Waals surface area contributed by atoms with Crippen LogP contribution in [-0.4, -0.2) is 25.3 Å². The van der Waals surface area contributed by atoms with E-state index in [0.717, 1.165) is 30.6 Å². The molecule has 1 aliphatic rings. The van der Waals surface area contributed by atoms with E-state index in [2.05, 4.69) is 17.4 Å². The van der Waals surface area contributed by atoms with Crippen LogP contribution in [0.15, 0.2) is 22.7 Å². The molecule has 0 radical (unpaired) electrons. The Morgan fingerprint density at radius 2 is 2.09 bits per heavy atom. The summed E-state index contributed by atoms with van der Waals surface area (Å²) in [7, 11) is 3.12. The van der Waals surface area contributed by atoms with Crippen molar-refractivity contribution >= 4 is 11.6 Å². The first-order valence-corrected chi connectivity index (χ1v) is 7.63. The summed E-state index contributed by atoms with van der Waals surface area (Å²) < 4.78 is 15.8. The normalized spacial score (nSPS) is 16.6. The molecule has 0 bridgehead atoms. The Morgan fingerprint density at radius 3 is 2.83 bits per heavy atom. The second kappa shape index (κ2) is 6.32. The first kappa shape index (κ1) is 15.4. The zero-order valence-corrected chi connectivity index (χ0v) is 13.5. The summed E-state index contributed by atoms with van der Waals surface area (Å²) in [5.41, 5.74) is 1.93. The fourth-order valence-electron chi connectivity index (χ4n) is 2.86. The average molecular weight is 316 g/mol. The van der Waals surface area contributed by atoms with E-state index in [1.807, 2.05) is 0 Å². The number of benzene rings is 1. The highest BCUT2D eigenvalue weighted by atomic mass is 16.5. The van der Waals surface area contributed by atoms with Gasteiger partial charge >= 0.3 is 0 Å². The van der Waals surface area contributed by atoms with Crippen molar-refractivity contribution in [3.63, 3.8) is 0 Å². The molecule has 1 heterocycles. The van der Waals surface area contributed by atoms with Crippen molar-refractivity contribution in [1.29, 1.82) is 0 Å². The van der Waals surface area contributed by atoms with E-state index < -0.39 is 0 Å². The summed E-state index contributed by atoms with van der Waals surface area (Å²) in [5.74, 6) is 2.27. The molecular weight excluding hydrogens is 296 g/mol. The zero-order valence-electron chi connectivity index (χ0n) is 13.5. The Morgan fingerprint density at radius 1 is 1.30 bits per heavy atom. The van der Waals surface area contributed by atoms with Crippen LogP contribution in [0.4, 0.5) is 5.69 Å². The number of carbonyl (C=O) groups is 1. The Labute approximate surface area is 134 Å². The van der Waals surface area contributed by atoms with Crippen molar-refractivity contribution in [2.45, 2.75) is 26.2 Å². The van der Waals surface area contributed by atoms with E-state index in [4.69, 9.17) is 14.0 Å². The molecule has 3 rings (SSSR count). The number of hydrogen-bond acceptors (Lipinski definition) is 5. The maximum absolute atomic E-state index is 12.5. The van der Waals surface area contributed by atoms with Gasteiger partial charge in [-0.3, -0.25) is 4.79 Å². The number of methoxy groups -OCH3 is 2. The lowest BCUT2D eigenvalue weighted by atomic mass is 9.88. The number of ether oxygens (including phenoxy) is 2. The van der Waals surface area contributed by atoms with Crippen molar-refractivity contribution in [3.05, 3.63) is 35.2 Å². The second-order valence-electron chi connectivity index (χ2n) is 5.80. The summed E-state index contributed by atoms with van der Waals surface area (Å²) in [6, 6.07) is 5.22. The highest BCUT2D eigenvalue weighted by Crippen LogP contribution is 2.31. The van der Waals surface area contributed by atoms with Gasteiger partial charge in [-0.05, 0) is 30.9 Å². The molecule has 2 aromatic rings. The summed E-state index contributed by atoms with van der Waals surface area (Å²) >= 11 is 0. The largest absolute Gasteiger partial charge is 0.493 e. The minimum Gasteiger partial charge on any atom is -0.493 e. The van der Waals surface area contributed by atoms with Gasteiger partial charge in [0.2, 0.25) is 0 Å². The number of aromatic nitrogens is 1. The van der Waals surface area contributed by atoms with Crippen LogP contribution >= 0.6 is 0 Å². The monoisotopic (exact) mass is 316 g/mol. The molecule has 0 saturated heterocycles. The van der Waals surface area contributed by atoms with Gasteiger partial charge in [0.1, 0.15) is 5.76 Å². The maximum atomic E-state index is 12.5. The summed E-state index contributed by atoms with van der Waals surface area (Å²) in [6.45, 7) is 2.17. The number of nitrogens with zero attached hydrogens (tertiary/aromatic N) is 1. The third kappa shape index (κ3) is 3.02. The summed E-state index contributed by atoms with van der Waals surface area (Å²) in [4.78, 5) is 12.5. The maximum Gasteiger partial charge on any atom is 0.278 e. The fourth-order valence-corrected chi connectivity index (χ4v) is 2.86.